The van der Waals surface area contributed by atoms with E-state index in [0.29, 0.717) is 30.4 Å². The predicted octanol–water partition coefficient (Wildman–Crippen LogP) is 3.18. The number of amides is 1. The summed E-state index contributed by atoms with van der Waals surface area (Å²) in [6, 6.07) is 5.33. The van der Waals surface area contributed by atoms with Gasteiger partial charge in [-0.05, 0) is 31.9 Å². The first kappa shape index (κ1) is 17.0. The minimum Gasteiger partial charge on any atom is -0.490 e. The van der Waals surface area contributed by atoms with Gasteiger partial charge in [0.25, 0.3) is 0 Å². The summed E-state index contributed by atoms with van der Waals surface area (Å²) in [5.41, 5.74) is 0.531. The normalized spacial score (nSPS) is 10.0. The molecule has 0 aliphatic carbocycles. The molecule has 0 bridgehead atoms. The Morgan fingerprint density at radius 1 is 1.10 bits per heavy atom. The van der Waals surface area contributed by atoms with E-state index in [-0.39, 0.29) is 18.1 Å². The van der Waals surface area contributed by atoms with Gasteiger partial charge < -0.3 is 14.8 Å². The number of anilines is 1. The zero-order valence-electron chi connectivity index (χ0n) is 12.9. The lowest BCUT2D eigenvalue weighted by Crippen LogP contribution is -2.16. The number of hydrogen-bond acceptors (Lipinski definition) is 4. The molecule has 5 heteroatoms. The Morgan fingerprint density at radius 3 is 2.38 bits per heavy atom. The molecule has 0 aromatic heterocycles. The number of para-hydroxylation sites is 1. The van der Waals surface area contributed by atoms with Crippen molar-refractivity contribution in [2.24, 2.45) is 0 Å². The van der Waals surface area contributed by atoms with E-state index < -0.39 is 0 Å². The van der Waals surface area contributed by atoms with Crippen LogP contribution in [0.1, 0.15) is 40.0 Å². The minimum atomic E-state index is -0.350. The van der Waals surface area contributed by atoms with Gasteiger partial charge in [0.2, 0.25) is 5.91 Å². The molecular formula is C16H23NO4. The first-order valence-electron chi connectivity index (χ1n) is 7.26. The second-order valence-electron chi connectivity index (χ2n) is 4.76. The first-order valence-corrected chi connectivity index (χ1v) is 7.26. The Labute approximate surface area is 125 Å². The molecule has 0 saturated heterocycles. The Kier molecular flexibility index (Phi) is 7.29. The number of carbonyl (C=O) groups is 2. The van der Waals surface area contributed by atoms with Gasteiger partial charge in [0.05, 0.1) is 25.3 Å². The first-order chi connectivity index (χ1) is 10.1. The third kappa shape index (κ3) is 5.85. The largest absolute Gasteiger partial charge is 0.490 e. The van der Waals surface area contributed by atoms with Gasteiger partial charge in [-0.2, -0.15) is 0 Å². The van der Waals surface area contributed by atoms with E-state index in [9.17, 15) is 9.59 Å². The maximum Gasteiger partial charge on any atom is 0.231 e. The fraction of sp³-hybridized carbons (Fsp3) is 0.500. The van der Waals surface area contributed by atoms with Gasteiger partial charge in [-0.25, -0.2) is 0 Å². The van der Waals surface area contributed by atoms with E-state index in [0.717, 1.165) is 12.8 Å². The number of Topliss-reactive ketones (excluding diaryl/α,β-unsaturated/α-hetero) is 1. The lowest BCUT2D eigenvalue weighted by Gasteiger charge is -2.16. The summed E-state index contributed by atoms with van der Waals surface area (Å²) < 4.78 is 11.3. The van der Waals surface area contributed by atoms with Gasteiger partial charge in [-0.1, -0.05) is 19.9 Å². The molecule has 116 valence electrons. The highest BCUT2D eigenvalue weighted by Gasteiger charge is 2.14. The third-order valence-electron chi connectivity index (χ3n) is 2.57. The van der Waals surface area contributed by atoms with Crippen molar-refractivity contribution in [1.82, 2.24) is 0 Å². The van der Waals surface area contributed by atoms with Gasteiger partial charge in [-0.3, -0.25) is 9.59 Å². The van der Waals surface area contributed by atoms with Crippen LogP contribution >= 0.6 is 0 Å². The standard InChI is InChI=1S/C16H23NO4/c1-4-9-20-14-8-6-7-13(16(14)21-10-5-2)17-15(19)11-12(3)18/h6-8H,4-5,9-11H2,1-3H3,(H,17,19). The average molecular weight is 293 g/mol. The molecule has 0 unspecified atom stereocenters. The van der Waals surface area contributed by atoms with Crippen LogP contribution in [0.5, 0.6) is 11.5 Å². The van der Waals surface area contributed by atoms with E-state index in [4.69, 9.17) is 9.47 Å². The molecule has 0 radical (unpaired) electrons. The van der Waals surface area contributed by atoms with Crippen molar-refractivity contribution in [3.63, 3.8) is 0 Å². The smallest absolute Gasteiger partial charge is 0.231 e. The van der Waals surface area contributed by atoms with Crippen LogP contribution < -0.4 is 14.8 Å². The Bertz CT molecular complexity index is 485. The van der Waals surface area contributed by atoms with Crippen molar-refractivity contribution in [3.8, 4) is 11.5 Å². The summed E-state index contributed by atoms with van der Waals surface area (Å²) in [7, 11) is 0. The fourth-order valence-electron chi connectivity index (χ4n) is 1.71. The van der Waals surface area contributed by atoms with Crippen LogP contribution in [-0.4, -0.2) is 24.9 Å². The molecule has 0 fully saturated rings. The van der Waals surface area contributed by atoms with Crippen molar-refractivity contribution in [3.05, 3.63) is 18.2 Å². The second kappa shape index (κ2) is 9.00. The van der Waals surface area contributed by atoms with Crippen molar-refractivity contribution in [2.45, 2.75) is 40.0 Å². The van der Waals surface area contributed by atoms with E-state index in [2.05, 4.69) is 5.32 Å². The molecule has 1 aromatic carbocycles. The van der Waals surface area contributed by atoms with Crippen LogP contribution in [-0.2, 0) is 9.59 Å². The quantitative estimate of drug-likeness (QED) is 0.710. The predicted molar refractivity (Wildman–Crippen MR) is 81.9 cm³/mol. The molecule has 21 heavy (non-hydrogen) atoms. The number of rotatable bonds is 9. The molecule has 5 nitrogen and oxygen atoms in total. The van der Waals surface area contributed by atoms with E-state index in [1.54, 1.807) is 18.2 Å². The molecule has 0 saturated carbocycles. The molecule has 0 spiro atoms. The Hall–Kier alpha value is -2.04. The molecule has 0 aliphatic heterocycles. The van der Waals surface area contributed by atoms with E-state index in [1.807, 2.05) is 13.8 Å². The lowest BCUT2D eigenvalue weighted by molar-refractivity contribution is -0.124. The number of benzene rings is 1. The molecule has 0 aliphatic rings. The van der Waals surface area contributed by atoms with Crippen LogP contribution in [0.2, 0.25) is 0 Å². The summed E-state index contributed by atoms with van der Waals surface area (Å²) in [6.45, 7) is 6.51. The molecular weight excluding hydrogens is 270 g/mol. The van der Waals surface area contributed by atoms with Gasteiger partial charge in [0.1, 0.15) is 5.78 Å². The summed E-state index contributed by atoms with van der Waals surface area (Å²) in [6.07, 6.45) is 1.59. The molecule has 1 rings (SSSR count). The van der Waals surface area contributed by atoms with Crippen LogP contribution in [0.4, 0.5) is 5.69 Å². The zero-order chi connectivity index (χ0) is 15.7. The van der Waals surface area contributed by atoms with Crippen LogP contribution in [0.25, 0.3) is 0 Å². The number of ether oxygens (including phenoxy) is 2. The van der Waals surface area contributed by atoms with Crippen molar-refractivity contribution in [2.75, 3.05) is 18.5 Å². The van der Waals surface area contributed by atoms with Crippen LogP contribution in [0.3, 0.4) is 0 Å². The lowest BCUT2D eigenvalue weighted by atomic mass is 10.2. The zero-order valence-corrected chi connectivity index (χ0v) is 12.9. The molecule has 1 N–H and O–H groups in total. The Morgan fingerprint density at radius 2 is 1.76 bits per heavy atom. The fourth-order valence-corrected chi connectivity index (χ4v) is 1.71. The van der Waals surface area contributed by atoms with Crippen molar-refractivity contribution < 1.29 is 19.1 Å². The molecule has 1 aromatic rings. The molecule has 1 amide bonds. The van der Waals surface area contributed by atoms with Gasteiger partial charge in [0.15, 0.2) is 11.5 Å². The SMILES string of the molecule is CCCOc1cccc(NC(=O)CC(C)=O)c1OCCC. The highest BCUT2D eigenvalue weighted by Crippen LogP contribution is 2.35. The third-order valence-corrected chi connectivity index (χ3v) is 2.57. The van der Waals surface area contributed by atoms with E-state index >= 15 is 0 Å². The molecule has 0 heterocycles. The van der Waals surface area contributed by atoms with Crippen LogP contribution in [0, 0.1) is 0 Å². The van der Waals surface area contributed by atoms with E-state index in [1.165, 1.54) is 6.92 Å². The highest BCUT2D eigenvalue weighted by atomic mass is 16.5. The summed E-state index contributed by atoms with van der Waals surface area (Å²) in [5.74, 6) is 0.592. The minimum absolute atomic E-state index is 0.146. The number of nitrogens with one attached hydrogen (secondary N) is 1. The summed E-state index contributed by atoms with van der Waals surface area (Å²) in [5, 5.41) is 2.70. The summed E-state index contributed by atoms with van der Waals surface area (Å²) in [4.78, 5) is 22.7. The van der Waals surface area contributed by atoms with Gasteiger partial charge in [-0.15, -0.1) is 0 Å². The Balaban J connectivity index is 2.93. The number of ketones is 1. The number of carbonyl (C=O) groups excluding carboxylic acids is 2. The van der Waals surface area contributed by atoms with Gasteiger partial charge >= 0.3 is 0 Å². The maximum atomic E-state index is 11.7. The van der Waals surface area contributed by atoms with Crippen LogP contribution in [0.15, 0.2) is 18.2 Å². The summed E-state index contributed by atoms with van der Waals surface area (Å²) >= 11 is 0. The average Bonchev–Trinajstić information content (AvgIpc) is 2.43. The number of hydrogen-bond donors (Lipinski definition) is 1. The van der Waals surface area contributed by atoms with Crippen molar-refractivity contribution in [1.29, 1.82) is 0 Å². The van der Waals surface area contributed by atoms with Crippen molar-refractivity contribution >= 4 is 17.4 Å². The molecule has 0 atom stereocenters. The second-order valence-corrected chi connectivity index (χ2v) is 4.76. The highest BCUT2D eigenvalue weighted by molar-refractivity contribution is 6.04. The van der Waals surface area contributed by atoms with Gasteiger partial charge in [0, 0.05) is 0 Å². The monoisotopic (exact) mass is 293 g/mol. The maximum absolute atomic E-state index is 11.7. The topological polar surface area (TPSA) is 64.6 Å².